The minimum atomic E-state index is -0.0473. The fourth-order valence-electron chi connectivity index (χ4n) is 4.04. The summed E-state index contributed by atoms with van der Waals surface area (Å²) < 4.78 is 13.2. The molecule has 0 amide bonds. The van der Waals surface area contributed by atoms with Gasteiger partial charge in [0.2, 0.25) is 0 Å². The predicted molar refractivity (Wildman–Crippen MR) is 124 cm³/mol. The van der Waals surface area contributed by atoms with Gasteiger partial charge in [-0.1, -0.05) is 44.2 Å². The standard InChI is InChI=1S/C23H29N7O2/c1-6-30-20-16(31-14-23(2,3)13-29(4)5)12-25-17(15-10-8-7-9-11-15)18(20)26-22(30)19-21(24)28-32-27-19/h7-12H,6,13-14H2,1-5H3,(H2,24,28). The Labute approximate surface area is 187 Å². The van der Waals surface area contributed by atoms with Crippen molar-refractivity contribution in [2.75, 3.05) is 33.0 Å². The van der Waals surface area contributed by atoms with Crippen LogP contribution in [0.3, 0.4) is 0 Å². The van der Waals surface area contributed by atoms with Crippen molar-refractivity contribution in [1.82, 2.24) is 29.7 Å². The van der Waals surface area contributed by atoms with Gasteiger partial charge in [0.25, 0.3) is 0 Å². The maximum Gasteiger partial charge on any atom is 0.199 e. The number of benzene rings is 1. The van der Waals surface area contributed by atoms with Gasteiger partial charge in [0, 0.05) is 24.1 Å². The molecule has 0 unspecified atom stereocenters. The van der Waals surface area contributed by atoms with E-state index in [1.54, 1.807) is 6.20 Å². The van der Waals surface area contributed by atoms with E-state index in [1.165, 1.54) is 0 Å². The summed E-state index contributed by atoms with van der Waals surface area (Å²) >= 11 is 0. The lowest BCUT2D eigenvalue weighted by Crippen LogP contribution is -2.33. The van der Waals surface area contributed by atoms with Crippen LogP contribution in [0.4, 0.5) is 5.82 Å². The van der Waals surface area contributed by atoms with Crippen LogP contribution in [0.1, 0.15) is 20.8 Å². The summed E-state index contributed by atoms with van der Waals surface area (Å²) in [5, 5.41) is 7.70. The van der Waals surface area contributed by atoms with Crippen molar-refractivity contribution >= 4 is 16.9 Å². The molecule has 0 saturated heterocycles. The van der Waals surface area contributed by atoms with Crippen molar-refractivity contribution in [3.8, 4) is 28.5 Å². The van der Waals surface area contributed by atoms with Gasteiger partial charge in [-0.15, -0.1) is 0 Å². The Morgan fingerprint density at radius 1 is 1.12 bits per heavy atom. The van der Waals surface area contributed by atoms with Gasteiger partial charge in [0.15, 0.2) is 23.1 Å². The summed E-state index contributed by atoms with van der Waals surface area (Å²) in [5.74, 6) is 1.43. The lowest BCUT2D eigenvalue weighted by atomic mass is 9.94. The third-order valence-electron chi connectivity index (χ3n) is 5.19. The molecule has 3 aromatic heterocycles. The van der Waals surface area contributed by atoms with Crippen molar-refractivity contribution < 1.29 is 9.37 Å². The van der Waals surface area contributed by atoms with Crippen LogP contribution in [0.2, 0.25) is 0 Å². The molecule has 0 aliphatic heterocycles. The molecule has 0 aliphatic carbocycles. The monoisotopic (exact) mass is 435 g/mol. The highest BCUT2D eigenvalue weighted by Gasteiger charge is 2.26. The first-order valence-electron chi connectivity index (χ1n) is 10.6. The van der Waals surface area contributed by atoms with Crippen LogP contribution in [0, 0.1) is 5.41 Å². The van der Waals surface area contributed by atoms with E-state index in [-0.39, 0.29) is 11.2 Å². The lowest BCUT2D eigenvalue weighted by molar-refractivity contribution is 0.142. The number of nitrogens with two attached hydrogens (primary N) is 1. The predicted octanol–water partition coefficient (Wildman–Crippen LogP) is 3.72. The highest BCUT2D eigenvalue weighted by molar-refractivity contribution is 5.95. The van der Waals surface area contributed by atoms with Gasteiger partial charge in [-0.05, 0) is 31.3 Å². The molecule has 1 aromatic carbocycles. The number of fused-ring (bicyclic) bond motifs is 1. The molecular formula is C23H29N7O2. The highest BCUT2D eigenvalue weighted by Crippen LogP contribution is 2.37. The topological polar surface area (TPSA) is 108 Å². The van der Waals surface area contributed by atoms with E-state index in [2.05, 4.69) is 43.2 Å². The van der Waals surface area contributed by atoms with E-state index in [0.717, 1.165) is 28.8 Å². The van der Waals surface area contributed by atoms with Crippen molar-refractivity contribution in [3.05, 3.63) is 36.5 Å². The molecule has 2 N–H and O–H groups in total. The number of nitrogen functional groups attached to an aromatic ring is 1. The zero-order valence-corrected chi connectivity index (χ0v) is 19.2. The molecule has 3 heterocycles. The number of anilines is 1. The van der Waals surface area contributed by atoms with Gasteiger partial charge >= 0.3 is 0 Å². The maximum absolute atomic E-state index is 6.34. The number of ether oxygens (including phenoxy) is 1. The number of nitrogens with zero attached hydrogens (tertiary/aromatic N) is 6. The van der Waals surface area contributed by atoms with Crippen LogP contribution in [0.25, 0.3) is 33.8 Å². The molecule has 9 nitrogen and oxygen atoms in total. The lowest BCUT2D eigenvalue weighted by Gasteiger charge is -2.28. The molecule has 0 bridgehead atoms. The van der Waals surface area contributed by atoms with E-state index in [4.69, 9.17) is 25.1 Å². The average Bonchev–Trinajstić information content (AvgIpc) is 3.34. The summed E-state index contributed by atoms with van der Waals surface area (Å²) in [6.45, 7) is 8.46. The Morgan fingerprint density at radius 3 is 2.50 bits per heavy atom. The quantitative estimate of drug-likeness (QED) is 0.446. The molecule has 0 atom stereocenters. The van der Waals surface area contributed by atoms with Crippen molar-refractivity contribution in [3.63, 3.8) is 0 Å². The number of aromatic nitrogens is 5. The SMILES string of the molecule is CCn1c(-c2nonc2N)nc2c(-c3ccccc3)ncc(OCC(C)(C)CN(C)C)c21. The van der Waals surface area contributed by atoms with E-state index in [0.29, 0.717) is 30.4 Å². The smallest absolute Gasteiger partial charge is 0.199 e. The largest absolute Gasteiger partial charge is 0.489 e. The summed E-state index contributed by atoms with van der Waals surface area (Å²) in [4.78, 5) is 11.8. The third kappa shape index (κ3) is 4.16. The van der Waals surface area contributed by atoms with Crippen LogP contribution in [0.15, 0.2) is 41.2 Å². The number of pyridine rings is 1. The highest BCUT2D eigenvalue weighted by atomic mass is 16.6. The normalized spacial score (nSPS) is 12.1. The Hall–Kier alpha value is -3.46. The maximum atomic E-state index is 6.34. The Kier molecular flexibility index (Phi) is 5.84. The molecule has 9 heteroatoms. The number of hydrogen-bond donors (Lipinski definition) is 1. The first kappa shape index (κ1) is 21.8. The fourth-order valence-corrected chi connectivity index (χ4v) is 4.04. The zero-order chi connectivity index (χ0) is 22.9. The van der Waals surface area contributed by atoms with Gasteiger partial charge in [0.1, 0.15) is 11.0 Å². The summed E-state index contributed by atoms with van der Waals surface area (Å²) in [7, 11) is 4.12. The minimum absolute atomic E-state index is 0.0473. The van der Waals surface area contributed by atoms with Crippen molar-refractivity contribution in [1.29, 1.82) is 0 Å². The molecule has 168 valence electrons. The summed E-state index contributed by atoms with van der Waals surface area (Å²) in [5.41, 5.74) is 9.65. The molecular weight excluding hydrogens is 406 g/mol. The van der Waals surface area contributed by atoms with Crippen LogP contribution >= 0.6 is 0 Å². The van der Waals surface area contributed by atoms with Gasteiger partial charge in [-0.2, -0.15) is 0 Å². The fraction of sp³-hybridized carbons (Fsp3) is 0.391. The molecule has 0 spiro atoms. The van der Waals surface area contributed by atoms with Gasteiger partial charge in [0.05, 0.1) is 18.5 Å². The van der Waals surface area contributed by atoms with Crippen LogP contribution in [0.5, 0.6) is 5.75 Å². The number of rotatable bonds is 8. The Balaban J connectivity index is 1.88. The first-order valence-corrected chi connectivity index (χ1v) is 10.6. The van der Waals surface area contributed by atoms with Crippen LogP contribution in [-0.4, -0.2) is 57.0 Å². The molecule has 32 heavy (non-hydrogen) atoms. The zero-order valence-electron chi connectivity index (χ0n) is 19.2. The molecule has 4 rings (SSSR count). The number of hydrogen-bond acceptors (Lipinski definition) is 8. The van der Waals surface area contributed by atoms with Crippen molar-refractivity contribution in [2.45, 2.75) is 27.3 Å². The van der Waals surface area contributed by atoms with E-state index in [1.807, 2.05) is 41.8 Å². The van der Waals surface area contributed by atoms with Crippen molar-refractivity contribution in [2.24, 2.45) is 5.41 Å². The summed E-state index contributed by atoms with van der Waals surface area (Å²) in [6, 6.07) is 9.96. The second kappa shape index (κ2) is 8.58. The third-order valence-corrected chi connectivity index (χ3v) is 5.19. The van der Waals surface area contributed by atoms with Crippen LogP contribution in [-0.2, 0) is 6.54 Å². The Morgan fingerprint density at radius 2 is 1.88 bits per heavy atom. The van der Waals surface area contributed by atoms with Crippen LogP contribution < -0.4 is 10.5 Å². The average molecular weight is 436 g/mol. The van der Waals surface area contributed by atoms with E-state index in [9.17, 15) is 0 Å². The van der Waals surface area contributed by atoms with E-state index < -0.39 is 0 Å². The molecule has 0 saturated carbocycles. The molecule has 0 aliphatic rings. The van der Waals surface area contributed by atoms with E-state index >= 15 is 0 Å². The molecule has 0 radical (unpaired) electrons. The molecule has 0 fully saturated rings. The molecule has 4 aromatic rings. The van der Waals surface area contributed by atoms with Gasteiger partial charge < -0.3 is 19.9 Å². The number of aryl methyl sites for hydroxylation is 1. The van der Waals surface area contributed by atoms with Gasteiger partial charge in [-0.3, -0.25) is 0 Å². The second-order valence-electron chi connectivity index (χ2n) is 8.90. The number of imidazole rings is 1. The Bertz CT molecular complexity index is 1210. The first-order chi connectivity index (χ1) is 15.3. The van der Waals surface area contributed by atoms with Gasteiger partial charge in [-0.25, -0.2) is 14.6 Å². The summed E-state index contributed by atoms with van der Waals surface area (Å²) in [6.07, 6.45) is 1.78. The second-order valence-corrected chi connectivity index (χ2v) is 8.90. The minimum Gasteiger partial charge on any atom is -0.489 e.